The Hall–Kier alpha value is -3.35. The Labute approximate surface area is 162 Å². The number of methoxy groups -OCH3 is 1. The lowest BCUT2D eigenvalue weighted by atomic mass is 9.84. The van der Waals surface area contributed by atoms with E-state index in [-0.39, 0.29) is 28.7 Å². The molecule has 0 spiro atoms. The molecule has 150 valence electrons. The zero-order chi connectivity index (χ0) is 20.8. The fourth-order valence-electron chi connectivity index (χ4n) is 3.15. The van der Waals surface area contributed by atoms with Gasteiger partial charge in [-0.2, -0.15) is 0 Å². The number of carboxylic acids is 1. The summed E-state index contributed by atoms with van der Waals surface area (Å²) in [5.74, 6) is -1.98. The summed E-state index contributed by atoms with van der Waals surface area (Å²) >= 11 is 0. The van der Waals surface area contributed by atoms with E-state index in [0.717, 1.165) is 24.1 Å². The van der Waals surface area contributed by atoms with Crippen LogP contribution in [0.1, 0.15) is 31.7 Å². The summed E-state index contributed by atoms with van der Waals surface area (Å²) in [6.45, 7) is 1.80. The Morgan fingerprint density at radius 3 is 2.43 bits per heavy atom. The summed E-state index contributed by atoms with van der Waals surface area (Å²) < 4.78 is 5.13. The molecule has 1 aliphatic rings. The minimum absolute atomic E-state index is 0.0828. The number of phenolic OH excluding ortho intramolecular Hbond substituents is 3. The van der Waals surface area contributed by atoms with E-state index in [2.05, 4.69) is 0 Å². The van der Waals surface area contributed by atoms with E-state index in [1.807, 2.05) is 6.08 Å². The first kappa shape index (κ1) is 21.0. The highest BCUT2D eigenvalue weighted by atomic mass is 16.5. The van der Waals surface area contributed by atoms with Crippen LogP contribution in [0.4, 0.5) is 0 Å². The summed E-state index contributed by atoms with van der Waals surface area (Å²) in [6, 6.07) is 2.27. The molecular weight excluding hydrogens is 364 g/mol. The van der Waals surface area contributed by atoms with E-state index in [1.54, 1.807) is 13.0 Å². The predicted molar refractivity (Wildman–Crippen MR) is 104 cm³/mol. The second-order valence-corrected chi connectivity index (χ2v) is 6.55. The summed E-state index contributed by atoms with van der Waals surface area (Å²) in [4.78, 5) is 10.6. The van der Waals surface area contributed by atoms with Gasteiger partial charge in [-0.05, 0) is 44.4 Å². The van der Waals surface area contributed by atoms with Crippen LogP contribution < -0.4 is 0 Å². The van der Waals surface area contributed by atoms with Crippen LogP contribution in [0, 0.1) is 5.92 Å². The minimum Gasteiger partial charge on any atom is -0.511 e. The largest absolute Gasteiger partial charge is 0.511 e. The quantitative estimate of drug-likeness (QED) is 0.164. The van der Waals surface area contributed by atoms with Crippen molar-refractivity contribution in [1.29, 1.82) is 0 Å². The number of ether oxygens (including phenoxy) is 1. The number of hydrogen-bond donors (Lipinski definition) is 5. The average molecular weight is 388 g/mol. The van der Waals surface area contributed by atoms with Gasteiger partial charge in [0.05, 0.1) is 7.11 Å². The molecule has 28 heavy (non-hydrogen) atoms. The SMILES string of the molecule is COC(C=CC(=O)O)=CC(C)=C[C@@H]1CCCC(c2cc(O)c(O)cc2O)=C1O. The molecule has 0 radical (unpaired) electrons. The van der Waals surface area contributed by atoms with Crippen molar-refractivity contribution in [3.63, 3.8) is 0 Å². The van der Waals surface area contributed by atoms with Crippen LogP contribution in [0.3, 0.4) is 0 Å². The van der Waals surface area contributed by atoms with Gasteiger partial charge in [0.1, 0.15) is 17.3 Å². The van der Waals surface area contributed by atoms with Crippen molar-refractivity contribution in [3.05, 3.63) is 59.1 Å². The first-order chi connectivity index (χ1) is 13.2. The van der Waals surface area contributed by atoms with Crippen molar-refractivity contribution >= 4 is 11.5 Å². The van der Waals surface area contributed by atoms with Gasteiger partial charge < -0.3 is 30.3 Å². The zero-order valence-electron chi connectivity index (χ0n) is 15.7. The van der Waals surface area contributed by atoms with E-state index >= 15 is 0 Å². The smallest absolute Gasteiger partial charge is 0.328 e. The van der Waals surface area contributed by atoms with E-state index in [4.69, 9.17) is 9.84 Å². The van der Waals surface area contributed by atoms with Crippen LogP contribution in [0.2, 0.25) is 0 Å². The molecule has 7 heteroatoms. The molecule has 7 nitrogen and oxygen atoms in total. The Morgan fingerprint density at radius 1 is 1.11 bits per heavy atom. The summed E-state index contributed by atoms with van der Waals surface area (Å²) in [5.41, 5.74) is 1.55. The maximum absolute atomic E-state index is 10.7. The number of aromatic hydroxyl groups is 3. The lowest BCUT2D eigenvalue weighted by Gasteiger charge is -2.24. The normalized spacial score (nSPS) is 18.6. The highest BCUT2D eigenvalue weighted by Gasteiger charge is 2.24. The molecule has 0 fully saturated rings. The molecule has 5 N–H and O–H groups in total. The van der Waals surface area contributed by atoms with Crippen molar-refractivity contribution in [2.24, 2.45) is 5.92 Å². The molecule has 0 aromatic heterocycles. The first-order valence-corrected chi connectivity index (χ1v) is 8.75. The Morgan fingerprint density at radius 2 is 1.79 bits per heavy atom. The lowest BCUT2D eigenvalue weighted by Crippen LogP contribution is -2.10. The molecule has 0 unspecified atom stereocenters. The first-order valence-electron chi connectivity index (χ1n) is 8.75. The van der Waals surface area contributed by atoms with Gasteiger partial charge in [-0.3, -0.25) is 0 Å². The highest BCUT2D eigenvalue weighted by Crippen LogP contribution is 2.42. The number of rotatable bonds is 6. The molecule has 0 saturated carbocycles. The number of carbonyl (C=O) groups is 1. The van der Waals surface area contributed by atoms with Crippen LogP contribution >= 0.6 is 0 Å². The third kappa shape index (κ3) is 5.09. The van der Waals surface area contributed by atoms with Crippen molar-refractivity contribution in [1.82, 2.24) is 0 Å². The van der Waals surface area contributed by atoms with E-state index in [9.17, 15) is 25.2 Å². The maximum atomic E-state index is 10.7. The Balaban J connectivity index is 2.36. The van der Waals surface area contributed by atoms with Crippen molar-refractivity contribution in [3.8, 4) is 17.2 Å². The van der Waals surface area contributed by atoms with E-state index in [0.29, 0.717) is 24.2 Å². The Kier molecular flexibility index (Phi) is 6.76. The van der Waals surface area contributed by atoms with E-state index < -0.39 is 11.7 Å². The summed E-state index contributed by atoms with van der Waals surface area (Å²) in [6.07, 6.45) is 7.77. The third-order valence-electron chi connectivity index (χ3n) is 4.48. The fourth-order valence-corrected chi connectivity index (χ4v) is 3.15. The average Bonchev–Trinajstić information content (AvgIpc) is 2.63. The fraction of sp³-hybridized carbons (Fsp3) is 0.286. The van der Waals surface area contributed by atoms with Gasteiger partial charge in [-0.25, -0.2) is 4.79 Å². The second kappa shape index (κ2) is 9.03. The number of aliphatic hydroxyl groups excluding tert-OH is 1. The van der Waals surface area contributed by atoms with Gasteiger partial charge in [0, 0.05) is 29.2 Å². The summed E-state index contributed by atoms with van der Waals surface area (Å²) in [7, 11) is 1.43. The van der Waals surface area contributed by atoms with Gasteiger partial charge in [0.2, 0.25) is 0 Å². The van der Waals surface area contributed by atoms with E-state index in [1.165, 1.54) is 19.3 Å². The standard InChI is InChI=1S/C21H24O7/c1-12(9-14(28-2)6-7-20(25)26)8-13-4-3-5-15(21(13)27)16-10-18(23)19(24)11-17(16)22/h6-11,13,22-24,27H,3-5H2,1-2H3,(H,25,26)/t13-/m0/s1. The monoisotopic (exact) mass is 388 g/mol. The topological polar surface area (TPSA) is 127 Å². The molecule has 1 atom stereocenters. The zero-order valence-corrected chi connectivity index (χ0v) is 15.7. The highest BCUT2D eigenvalue weighted by molar-refractivity contribution is 5.80. The molecular formula is C21H24O7. The van der Waals surface area contributed by atoms with Gasteiger partial charge in [-0.15, -0.1) is 0 Å². The number of benzene rings is 1. The molecule has 2 rings (SSSR count). The predicted octanol–water partition coefficient (Wildman–Crippen LogP) is 3.99. The van der Waals surface area contributed by atoms with Crippen molar-refractivity contribution in [2.75, 3.05) is 7.11 Å². The third-order valence-corrected chi connectivity index (χ3v) is 4.48. The van der Waals surface area contributed by atoms with Gasteiger partial charge in [0.25, 0.3) is 0 Å². The minimum atomic E-state index is -1.08. The second-order valence-electron chi connectivity index (χ2n) is 6.55. The Bertz CT molecular complexity index is 875. The van der Waals surface area contributed by atoms with Crippen LogP contribution in [0.5, 0.6) is 17.2 Å². The molecule has 0 saturated heterocycles. The number of aliphatic carboxylic acids is 1. The van der Waals surface area contributed by atoms with Gasteiger partial charge >= 0.3 is 5.97 Å². The molecule has 0 bridgehead atoms. The molecule has 0 amide bonds. The van der Waals surface area contributed by atoms with Crippen LogP contribution in [-0.2, 0) is 9.53 Å². The van der Waals surface area contributed by atoms with Crippen LogP contribution in [0.15, 0.2) is 53.5 Å². The lowest BCUT2D eigenvalue weighted by molar-refractivity contribution is -0.131. The molecule has 1 aromatic rings. The molecule has 1 aromatic carbocycles. The number of carboxylic acid groups (broad SMARTS) is 1. The summed E-state index contributed by atoms with van der Waals surface area (Å²) in [5, 5.41) is 48.7. The number of hydrogen-bond acceptors (Lipinski definition) is 6. The molecule has 1 aliphatic carbocycles. The van der Waals surface area contributed by atoms with Crippen molar-refractivity contribution < 1.29 is 35.1 Å². The van der Waals surface area contributed by atoms with Gasteiger partial charge in [0.15, 0.2) is 11.5 Å². The van der Waals surface area contributed by atoms with Crippen LogP contribution in [0.25, 0.3) is 5.57 Å². The number of aliphatic hydroxyl groups is 1. The molecule has 0 heterocycles. The van der Waals surface area contributed by atoms with Crippen LogP contribution in [-0.4, -0.2) is 38.6 Å². The van der Waals surface area contributed by atoms with Crippen molar-refractivity contribution in [2.45, 2.75) is 26.2 Å². The van der Waals surface area contributed by atoms with Gasteiger partial charge in [-0.1, -0.05) is 11.6 Å². The maximum Gasteiger partial charge on any atom is 0.328 e. The number of phenols is 3. The number of allylic oxidation sites excluding steroid dienone is 5. The molecule has 0 aliphatic heterocycles.